The molecular formula is C25H47N5O18. The Morgan fingerprint density at radius 1 is 0.646 bits per heavy atom. The Kier molecular flexibility index (Phi) is 18.2. The summed E-state index contributed by atoms with van der Waals surface area (Å²) < 4.78 is 10.0. The maximum atomic E-state index is 12.8. The summed E-state index contributed by atoms with van der Waals surface area (Å²) in [6.45, 7) is -3.09. The van der Waals surface area contributed by atoms with E-state index < -0.39 is 99.0 Å². The molecule has 0 spiro atoms. The Labute approximate surface area is 274 Å². The first-order valence-electron chi connectivity index (χ1n) is 14.7. The predicted octanol–water partition coefficient (Wildman–Crippen LogP) is -7.53. The average molecular weight is 706 g/mol. The lowest BCUT2D eigenvalue weighted by Crippen LogP contribution is -2.64. The van der Waals surface area contributed by atoms with Crippen molar-refractivity contribution < 1.29 is 89.4 Å². The fourth-order valence-corrected chi connectivity index (χ4v) is 4.82. The second-order valence-corrected chi connectivity index (χ2v) is 10.8. The number of nitrogens with one attached hydrogen (secondary N) is 2. The van der Waals surface area contributed by atoms with E-state index >= 15 is 0 Å². The second-order valence-electron chi connectivity index (χ2n) is 10.8. The molecule has 23 nitrogen and oxygen atoms in total. The molecule has 2 fully saturated rings. The van der Waals surface area contributed by atoms with Crippen molar-refractivity contribution in [2.24, 2.45) is 0 Å². The molecule has 0 radical (unpaired) electrons. The number of nitrogens with zero attached hydrogens (tertiary/aromatic N) is 3. The summed E-state index contributed by atoms with van der Waals surface area (Å²) >= 11 is 0. The van der Waals surface area contributed by atoms with Crippen molar-refractivity contribution in [3.8, 4) is 0 Å². The van der Waals surface area contributed by atoms with Crippen LogP contribution in [0.15, 0.2) is 0 Å². The monoisotopic (exact) mass is 705 g/mol. The number of amides is 3. The molecule has 4 unspecified atom stereocenters. The van der Waals surface area contributed by atoms with Crippen LogP contribution in [-0.4, -0.2) is 220 Å². The molecule has 0 saturated carbocycles. The van der Waals surface area contributed by atoms with Crippen LogP contribution < -0.4 is 10.6 Å². The first kappa shape index (κ1) is 41.7. The van der Waals surface area contributed by atoms with Crippen LogP contribution >= 0.6 is 0 Å². The molecule has 2 heterocycles. The van der Waals surface area contributed by atoms with Crippen LogP contribution in [0.5, 0.6) is 0 Å². The summed E-state index contributed by atoms with van der Waals surface area (Å²) in [6.07, 6.45) is -14.2. The average Bonchev–Trinajstić information content (AvgIpc) is 3.05. The molecule has 23 heteroatoms. The van der Waals surface area contributed by atoms with Crippen LogP contribution in [0.3, 0.4) is 0 Å². The lowest BCUT2D eigenvalue weighted by molar-refractivity contribution is -0.300. The summed E-state index contributed by atoms with van der Waals surface area (Å²) in [5, 5.41) is 93.5. The van der Waals surface area contributed by atoms with Crippen molar-refractivity contribution in [3.63, 3.8) is 0 Å². The highest BCUT2D eigenvalue weighted by molar-refractivity contribution is 5.82. The Morgan fingerprint density at radius 3 is 1.50 bits per heavy atom. The number of ether oxygens (including phenoxy) is 2. The van der Waals surface area contributed by atoms with Gasteiger partial charge in [0.1, 0.15) is 68.7 Å². The van der Waals surface area contributed by atoms with Gasteiger partial charge in [-0.15, -0.1) is 0 Å². The number of carbonyl (C=O) groups is 3. The molecule has 0 aromatic carbocycles. The second kappa shape index (κ2) is 20.9. The molecule has 11 N–H and O–H groups in total. The zero-order chi connectivity index (χ0) is 36.0. The molecule has 280 valence electrons. The minimum absolute atomic E-state index is 0.0372. The molecule has 3 amide bonds. The smallest absolute Gasteiger partial charge is 0.407 e. The lowest BCUT2D eigenvalue weighted by Gasteiger charge is -2.40. The first-order chi connectivity index (χ1) is 22.8. The van der Waals surface area contributed by atoms with E-state index in [1.54, 1.807) is 4.90 Å². The van der Waals surface area contributed by atoms with E-state index in [2.05, 4.69) is 20.4 Å². The Morgan fingerprint density at radius 2 is 1.06 bits per heavy atom. The van der Waals surface area contributed by atoms with Crippen LogP contribution in [0, 0.1) is 0 Å². The van der Waals surface area contributed by atoms with Gasteiger partial charge in [-0.25, -0.2) is 24.3 Å². The van der Waals surface area contributed by atoms with Gasteiger partial charge in [-0.2, -0.15) is 0 Å². The molecule has 2 aliphatic heterocycles. The number of aliphatic hydroxyl groups is 8. The van der Waals surface area contributed by atoms with Crippen molar-refractivity contribution in [3.05, 3.63) is 0 Å². The van der Waals surface area contributed by atoms with E-state index in [4.69, 9.17) is 19.2 Å². The first-order valence-corrected chi connectivity index (χ1v) is 14.7. The maximum Gasteiger partial charge on any atom is 0.407 e. The van der Waals surface area contributed by atoms with E-state index in [0.717, 1.165) is 4.90 Å². The summed E-state index contributed by atoms with van der Waals surface area (Å²) in [6, 6.07) is -2.94. The van der Waals surface area contributed by atoms with Gasteiger partial charge in [-0.1, -0.05) is 0 Å². The molecule has 0 bridgehead atoms. The van der Waals surface area contributed by atoms with E-state index in [-0.39, 0.29) is 46.2 Å². The fourth-order valence-electron chi connectivity index (χ4n) is 4.82. The highest BCUT2D eigenvalue weighted by Crippen LogP contribution is 2.21. The topological polar surface area (TPSA) is 322 Å². The Hall–Kier alpha value is -2.43. The molecule has 0 aromatic heterocycles. The standard InChI is InChI=1S/C25H47N5O18/c1-43-45-11-28(5-6-30(25(41)42)8-16(34)27-18-22(38)20(36)14(10-32)48-24(18)40)3-4-29(12-46-44-2)7-15(33)26-17-21(37)19(35)13(9-31)47-23(17)39/h13-14,17-24,31-32,35-40H,3-12H2,1-2H3,(H,26,33)(H,27,34)(H,41,42)/t13-,14+,17?,18?,19+,20-,21+,22-,23?,24?/m0/s1. The van der Waals surface area contributed by atoms with Crippen LogP contribution in [-0.2, 0) is 38.6 Å². The molecule has 48 heavy (non-hydrogen) atoms. The number of rotatable bonds is 20. The van der Waals surface area contributed by atoms with E-state index in [1.165, 1.54) is 19.1 Å². The summed E-state index contributed by atoms with van der Waals surface area (Å²) in [7, 11) is 2.47. The van der Waals surface area contributed by atoms with Gasteiger partial charge in [0.25, 0.3) is 0 Å². The third-order valence-electron chi connectivity index (χ3n) is 7.55. The summed E-state index contributed by atoms with van der Waals surface area (Å²) in [5.74, 6) is -1.66. The van der Waals surface area contributed by atoms with Crippen molar-refractivity contribution in [1.82, 2.24) is 25.3 Å². The third-order valence-corrected chi connectivity index (χ3v) is 7.55. The number of hydrogen-bond donors (Lipinski definition) is 11. The highest BCUT2D eigenvalue weighted by atomic mass is 17.2. The zero-order valence-electron chi connectivity index (χ0n) is 26.4. The van der Waals surface area contributed by atoms with Gasteiger partial charge in [-0.3, -0.25) is 24.3 Å². The van der Waals surface area contributed by atoms with Crippen LogP contribution in [0.2, 0.25) is 0 Å². The van der Waals surface area contributed by atoms with Gasteiger partial charge in [-0.05, 0) is 0 Å². The number of carbonyl (C=O) groups excluding carboxylic acids is 2. The molecular weight excluding hydrogens is 658 g/mol. The predicted molar refractivity (Wildman–Crippen MR) is 152 cm³/mol. The van der Waals surface area contributed by atoms with E-state index in [0.29, 0.717) is 0 Å². The van der Waals surface area contributed by atoms with E-state index in [1.807, 2.05) is 0 Å². The maximum absolute atomic E-state index is 12.8. The van der Waals surface area contributed by atoms with Crippen molar-refractivity contribution in [2.75, 3.05) is 80.2 Å². The molecule has 10 atom stereocenters. The van der Waals surface area contributed by atoms with Crippen LogP contribution in [0.25, 0.3) is 0 Å². The third kappa shape index (κ3) is 12.5. The van der Waals surface area contributed by atoms with Gasteiger partial charge in [0.2, 0.25) is 11.8 Å². The summed E-state index contributed by atoms with van der Waals surface area (Å²) in [5.41, 5.74) is 0. The van der Waals surface area contributed by atoms with Gasteiger partial charge >= 0.3 is 6.09 Å². The highest BCUT2D eigenvalue weighted by Gasteiger charge is 2.45. The Bertz CT molecular complexity index is 988. The van der Waals surface area contributed by atoms with Crippen molar-refractivity contribution in [2.45, 2.75) is 61.3 Å². The van der Waals surface area contributed by atoms with Crippen LogP contribution in [0.4, 0.5) is 4.79 Å². The molecule has 2 rings (SSSR count). The van der Waals surface area contributed by atoms with Crippen LogP contribution in [0.1, 0.15) is 0 Å². The zero-order valence-corrected chi connectivity index (χ0v) is 26.4. The molecule has 0 aromatic rings. The SMILES string of the molecule is COOCN(CCN(COOC)CC(=O)NC1C(O)O[C@@H](CO)[C@@H](O)[C@@H]1O)CCN(CC(=O)NC1C(O)O[C@H](CO)[C@H](O)[C@H]1O)C(=O)O. The van der Waals surface area contributed by atoms with Gasteiger partial charge in [0.15, 0.2) is 12.6 Å². The van der Waals surface area contributed by atoms with E-state index in [9.17, 15) is 60.3 Å². The normalized spacial score (nSPS) is 30.8. The quantitative estimate of drug-likeness (QED) is 0.0318. The van der Waals surface area contributed by atoms with Crippen molar-refractivity contribution in [1.29, 1.82) is 0 Å². The minimum atomic E-state index is -1.80. The van der Waals surface area contributed by atoms with Gasteiger partial charge < -0.3 is 66.1 Å². The number of aliphatic hydroxyl groups excluding tert-OH is 8. The number of carboxylic acid groups (broad SMARTS) is 1. The summed E-state index contributed by atoms with van der Waals surface area (Å²) in [4.78, 5) is 60.2. The van der Waals surface area contributed by atoms with Gasteiger partial charge in [0.05, 0.1) is 34.0 Å². The van der Waals surface area contributed by atoms with Gasteiger partial charge in [0, 0.05) is 26.2 Å². The largest absolute Gasteiger partial charge is 0.465 e. The van der Waals surface area contributed by atoms with Crippen molar-refractivity contribution >= 4 is 17.9 Å². The lowest BCUT2D eigenvalue weighted by atomic mass is 9.97. The minimum Gasteiger partial charge on any atom is -0.465 e. The Balaban J connectivity index is 1.98. The fraction of sp³-hybridized carbons (Fsp3) is 0.880. The number of hydrogen-bond acceptors (Lipinski definition) is 19. The molecule has 2 aliphatic rings. The molecule has 0 aliphatic carbocycles. The molecule has 2 saturated heterocycles.